The van der Waals surface area contributed by atoms with E-state index in [9.17, 15) is 0 Å². The Hall–Kier alpha value is -8.66. The molecule has 2 aliphatic rings. The van der Waals surface area contributed by atoms with E-state index in [0.29, 0.717) is 0 Å². The van der Waals surface area contributed by atoms with Crippen molar-refractivity contribution in [2.24, 2.45) is 0 Å². The van der Waals surface area contributed by atoms with Crippen molar-refractivity contribution in [3.05, 3.63) is 229 Å². The first-order valence-electron chi connectivity index (χ1n) is 25.0. The van der Waals surface area contributed by atoms with Gasteiger partial charge in [0.15, 0.2) is 5.58 Å². The van der Waals surface area contributed by atoms with Gasteiger partial charge in [-0.25, -0.2) is 0 Å². The smallest absolute Gasteiger partial charge is 0.159 e. The molecule has 0 fully saturated rings. The molecule has 0 saturated carbocycles. The summed E-state index contributed by atoms with van der Waals surface area (Å²) in [5.41, 5.74) is 13.6. The van der Waals surface area contributed by atoms with Crippen LogP contribution in [0.25, 0.3) is 97.3 Å². The Morgan fingerprint density at radius 2 is 0.761 bits per heavy atom. The highest BCUT2D eigenvalue weighted by Gasteiger charge is 2.37. The highest BCUT2D eigenvalue weighted by molar-refractivity contribution is 6.29. The predicted octanol–water partition coefficient (Wildman–Crippen LogP) is 19.3. The van der Waals surface area contributed by atoms with Crippen LogP contribution >= 0.6 is 0 Å². The van der Waals surface area contributed by atoms with Crippen LogP contribution < -0.4 is 9.80 Å². The molecule has 0 spiro atoms. The number of hydrogen-bond donors (Lipinski definition) is 0. The lowest BCUT2D eigenvalue weighted by atomic mass is 9.81. The van der Waals surface area contributed by atoms with Crippen LogP contribution in [-0.4, -0.2) is 0 Å². The van der Waals surface area contributed by atoms with E-state index in [1.54, 1.807) is 0 Å². The summed E-state index contributed by atoms with van der Waals surface area (Å²) < 4.78 is 6.92. The molecule has 0 atom stereocenters. The Morgan fingerprint density at radius 3 is 1.38 bits per heavy atom. The standard InChI is InChI=1S/C68H46N2O/c1-67(2)52-19-10-13-39-23-25-43-35-46(37-54(67)64(43)62(39)52)69(45-15-6-5-7-16-45)56-33-29-41-28-32-51-57(34-30-42-27-31-50(56)60(41)61(42)51)70(58-21-12-18-49-48-17-8-9-22-59(48)71-66(49)58)47-36-44-26-24-40-14-11-20-53-63(40)65(44)55(38-47)68(53,3)4/h5-38H,1-4H3. The normalized spacial score (nSPS) is 14.4. The summed E-state index contributed by atoms with van der Waals surface area (Å²) in [5, 5.41) is 20.2. The molecule has 16 rings (SSSR count). The molecule has 3 heteroatoms. The first-order chi connectivity index (χ1) is 34.7. The summed E-state index contributed by atoms with van der Waals surface area (Å²) in [6, 6.07) is 77.4. The maximum absolute atomic E-state index is 6.92. The van der Waals surface area contributed by atoms with Crippen LogP contribution in [0.5, 0.6) is 0 Å². The van der Waals surface area contributed by atoms with E-state index in [2.05, 4.69) is 244 Å². The van der Waals surface area contributed by atoms with Crippen molar-refractivity contribution in [3.8, 4) is 0 Å². The molecule has 0 radical (unpaired) electrons. The van der Waals surface area contributed by atoms with Gasteiger partial charge in [-0.1, -0.05) is 173 Å². The molecule has 3 nitrogen and oxygen atoms in total. The second kappa shape index (κ2) is 13.6. The van der Waals surface area contributed by atoms with Gasteiger partial charge in [0.25, 0.3) is 0 Å². The Labute approximate surface area is 410 Å². The van der Waals surface area contributed by atoms with Gasteiger partial charge in [0.2, 0.25) is 0 Å². The first kappa shape index (κ1) is 39.2. The van der Waals surface area contributed by atoms with Crippen molar-refractivity contribution in [2.75, 3.05) is 9.80 Å². The summed E-state index contributed by atoms with van der Waals surface area (Å²) in [6.07, 6.45) is 0. The fourth-order valence-corrected chi connectivity index (χ4v) is 13.5. The Bertz CT molecular complexity index is 4650. The van der Waals surface area contributed by atoms with Gasteiger partial charge >= 0.3 is 0 Å². The van der Waals surface area contributed by atoms with Gasteiger partial charge in [-0.2, -0.15) is 0 Å². The topological polar surface area (TPSA) is 19.6 Å². The fourth-order valence-electron chi connectivity index (χ4n) is 13.5. The number of nitrogens with zero attached hydrogens (tertiary/aromatic N) is 2. The van der Waals surface area contributed by atoms with Crippen LogP contribution in [0.2, 0.25) is 0 Å². The van der Waals surface area contributed by atoms with Crippen molar-refractivity contribution < 1.29 is 4.42 Å². The number of furan rings is 1. The van der Waals surface area contributed by atoms with E-state index < -0.39 is 0 Å². The number of fused-ring (bicyclic) bond motifs is 3. The monoisotopic (exact) mass is 906 g/mol. The molecule has 0 N–H and O–H groups in total. The van der Waals surface area contributed by atoms with Gasteiger partial charge in [-0.05, 0) is 148 Å². The molecule has 0 unspecified atom stereocenters. The van der Waals surface area contributed by atoms with Gasteiger partial charge < -0.3 is 14.2 Å². The third-order valence-corrected chi connectivity index (χ3v) is 16.8. The van der Waals surface area contributed by atoms with E-state index >= 15 is 0 Å². The minimum atomic E-state index is -0.187. The van der Waals surface area contributed by atoms with Crippen molar-refractivity contribution in [1.29, 1.82) is 0 Å². The maximum atomic E-state index is 6.92. The average molecular weight is 907 g/mol. The molecule has 0 saturated heterocycles. The molecule has 13 aromatic carbocycles. The van der Waals surface area contributed by atoms with E-state index in [1.165, 1.54) is 97.7 Å². The Morgan fingerprint density at radius 1 is 0.296 bits per heavy atom. The lowest BCUT2D eigenvalue weighted by molar-refractivity contribution is 0.662. The minimum absolute atomic E-state index is 0.146. The van der Waals surface area contributed by atoms with Gasteiger partial charge in [0, 0.05) is 49.4 Å². The second-order valence-corrected chi connectivity index (χ2v) is 21.2. The highest BCUT2D eigenvalue weighted by atomic mass is 16.3. The van der Waals surface area contributed by atoms with E-state index in [1.807, 2.05) is 0 Å². The lowest BCUT2D eigenvalue weighted by Crippen LogP contribution is -2.17. The van der Waals surface area contributed by atoms with Crippen LogP contribution in [0.4, 0.5) is 34.1 Å². The summed E-state index contributed by atoms with van der Waals surface area (Å²) in [6.45, 7) is 9.57. The van der Waals surface area contributed by atoms with Crippen LogP contribution in [-0.2, 0) is 10.8 Å². The van der Waals surface area contributed by atoms with E-state index in [0.717, 1.165) is 56.1 Å². The molecule has 14 aromatic rings. The predicted molar refractivity (Wildman–Crippen MR) is 301 cm³/mol. The van der Waals surface area contributed by atoms with Crippen molar-refractivity contribution in [3.63, 3.8) is 0 Å². The molecule has 334 valence electrons. The van der Waals surface area contributed by atoms with Crippen LogP contribution in [0.1, 0.15) is 49.9 Å². The summed E-state index contributed by atoms with van der Waals surface area (Å²) >= 11 is 0. The van der Waals surface area contributed by atoms with Crippen LogP contribution in [0.15, 0.2) is 211 Å². The highest BCUT2D eigenvalue weighted by Crippen LogP contribution is 2.55. The average Bonchev–Trinajstić information content (AvgIpc) is 3.99. The van der Waals surface area contributed by atoms with Crippen molar-refractivity contribution in [1.82, 2.24) is 0 Å². The summed E-state index contributed by atoms with van der Waals surface area (Å²) in [5.74, 6) is 0. The molecule has 0 bridgehead atoms. The van der Waals surface area contributed by atoms with E-state index in [4.69, 9.17) is 4.42 Å². The molecule has 0 amide bonds. The largest absolute Gasteiger partial charge is 0.454 e. The van der Waals surface area contributed by atoms with E-state index in [-0.39, 0.29) is 10.8 Å². The van der Waals surface area contributed by atoms with Crippen molar-refractivity contribution >= 4 is 131 Å². The first-order valence-corrected chi connectivity index (χ1v) is 25.0. The summed E-state index contributed by atoms with van der Waals surface area (Å²) in [7, 11) is 0. The molecule has 0 aliphatic heterocycles. The zero-order valence-corrected chi connectivity index (χ0v) is 39.9. The van der Waals surface area contributed by atoms with Gasteiger partial charge in [0.05, 0.1) is 17.1 Å². The third-order valence-electron chi connectivity index (χ3n) is 16.8. The molecule has 1 heterocycles. The zero-order chi connectivity index (χ0) is 47.1. The van der Waals surface area contributed by atoms with Crippen molar-refractivity contribution in [2.45, 2.75) is 38.5 Å². The van der Waals surface area contributed by atoms with Gasteiger partial charge in [-0.3, -0.25) is 0 Å². The van der Waals surface area contributed by atoms with Gasteiger partial charge in [-0.15, -0.1) is 0 Å². The maximum Gasteiger partial charge on any atom is 0.159 e. The second-order valence-electron chi connectivity index (χ2n) is 21.2. The molecule has 2 aliphatic carbocycles. The quantitative estimate of drug-likeness (QED) is 0.155. The zero-order valence-electron chi connectivity index (χ0n) is 39.9. The molecular weight excluding hydrogens is 861 g/mol. The number of para-hydroxylation sites is 3. The van der Waals surface area contributed by atoms with Crippen LogP contribution in [0.3, 0.4) is 0 Å². The lowest BCUT2D eigenvalue weighted by Gasteiger charge is -2.31. The van der Waals surface area contributed by atoms with Crippen LogP contribution in [0, 0.1) is 0 Å². The number of anilines is 6. The van der Waals surface area contributed by atoms with Gasteiger partial charge in [0.1, 0.15) is 5.58 Å². The summed E-state index contributed by atoms with van der Waals surface area (Å²) in [4.78, 5) is 4.98. The number of hydrogen-bond acceptors (Lipinski definition) is 3. The number of benzene rings is 13. The minimum Gasteiger partial charge on any atom is -0.454 e. The molecular formula is C68H46N2O. The third kappa shape index (κ3) is 5.07. The fraction of sp³-hybridized carbons (Fsp3) is 0.0882. The number of rotatable bonds is 6. The SMILES string of the molecule is CC1(C)c2cccc3ccc4cc(N(c5ccccc5)c5ccc6ccc7c(N(c8cc9c%10c(ccc%11cccc(c%11%10)C9(C)C)c8)c8cccc9c8oc8ccccc89)ccc8ccc5c6c87)cc1c4c23. The Balaban J connectivity index is 0.961. The molecule has 1 aromatic heterocycles. The Kier molecular flexibility index (Phi) is 7.49. The molecule has 71 heavy (non-hydrogen) atoms.